The summed E-state index contributed by atoms with van der Waals surface area (Å²) in [6, 6.07) is 12.5. The third-order valence-corrected chi connectivity index (χ3v) is 2.97. The zero-order valence-electron chi connectivity index (χ0n) is 10.1. The maximum absolute atomic E-state index is 10.8. The van der Waals surface area contributed by atoms with Crippen LogP contribution in [-0.4, -0.2) is 16.1 Å². The van der Waals surface area contributed by atoms with Crippen molar-refractivity contribution in [1.82, 2.24) is 10.3 Å². The summed E-state index contributed by atoms with van der Waals surface area (Å²) >= 11 is 6.04. The quantitative estimate of drug-likeness (QED) is 0.881. The molecule has 5 heteroatoms. The normalized spacial score (nSPS) is 10.4. The monoisotopic (exact) mass is 276 g/mol. The lowest BCUT2D eigenvalue weighted by atomic mass is 10.2. The highest BCUT2D eigenvalue weighted by Gasteiger charge is 2.05. The van der Waals surface area contributed by atoms with E-state index in [0.717, 1.165) is 5.56 Å². The van der Waals surface area contributed by atoms with E-state index < -0.39 is 5.97 Å². The molecule has 0 fully saturated rings. The van der Waals surface area contributed by atoms with Crippen molar-refractivity contribution >= 4 is 17.6 Å². The van der Waals surface area contributed by atoms with Crippen LogP contribution >= 0.6 is 11.6 Å². The van der Waals surface area contributed by atoms with Crippen molar-refractivity contribution in [1.29, 1.82) is 0 Å². The molecule has 19 heavy (non-hydrogen) atoms. The first-order chi connectivity index (χ1) is 9.16. The summed E-state index contributed by atoms with van der Waals surface area (Å²) in [5, 5.41) is 12.7. The molecular formula is C14H13ClN2O2. The van der Waals surface area contributed by atoms with Gasteiger partial charge in [-0.15, -0.1) is 0 Å². The van der Waals surface area contributed by atoms with Crippen molar-refractivity contribution in [3.63, 3.8) is 0 Å². The second-order valence-electron chi connectivity index (χ2n) is 4.01. The average Bonchev–Trinajstić information content (AvgIpc) is 2.41. The number of hydrogen-bond acceptors (Lipinski definition) is 3. The van der Waals surface area contributed by atoms with Crippen LogP contribution < -0.4 is 5.32 Å². The van der Waals surface area contributed by atoms with Gasteiger partial charge in [-0.25, -0.2) is 9.78 Å². The van der Waals surface area contributed by atoms with Gasteiger partial charge in [-0.05, 0) is 23.8 Å². The van der Waals surface area contributed by atoms with E-state index in [1.165, 1.54) is 6.07 Å². The minimum absolute atomic E-state index is 0.0528. The molecule has 0 saturated carbocycles. The van der Waals surface area contributed by atoms with Crippen molar-refractivity contribution < 1.29 is 9.90 Å². The van der Waals surface area contributed by atoms with Gasteiger partial charge in [0.25, 0.3) is 0 Å². The van der Waals surface area contributed by atoms with Crippen molar-refractivity contribution in [2.75, 3.05) is 0 Å². The van der Waals surface area contributed by atoms with Gasteiger partial charge in [0, 0.05) is 18.1 Å². The fourth-order valence-corrected chi connectivity index (χ4v) is 1.87. The molecule has 98 valence electrons. The van der Waals surface area contributed by atoms with E-state index >= 15 is 0 Å². The van der Waals surface area contributed by atoms with E-state index in [0.29, 0.717) is 23.8 Å². The summed E-state index contributed by atoms with van der Waals surface area (Å²) in [5.41, 5.74) is 1.74. The first-order valence-electron chi connectivity index (χ1n) is 5.80. The van der Waals surface area contributed by atoms with Gasteiger partial charge >= 0.3 is 5.97 Å². The summed E-state index contributed by atoms with van der Waals surface area (Å²) in [7, 11) is 0. The van der Waals surface area contributed by atoms with Crippen LogP contribution in [0.3, 0.4) is 0 Å². The van der Waals surface area contributed by atoms with Crippen LogP contribution in [-0.2, 0) is 13.1 Å². The Kier molecular flexibility index (Phi) is 4.49. The minimum atomic E-state index is -1.02. The van der Waals surface area contributed by atoms with Crippen LogP contribution in [0.1, 0.15) is 21.7 Å². The molecular weight excluding hydrogens is 264 g/mol. The van der Waals surface area contributed by atoms with Crippen LogP contribution in [0.5, 0.6) is 0 Å². The molecule has 0 unspecified atom stereocenters. The SMILES string of the molecule is O=C(O)c1cccc(CNCc2ccccc2Cl)n1. The fraction of sp³-hybridized carbons (Fsp3) is 0.143. The van der Waals surface area contributed by atoms with Crippen molar-refractivity contribution in [3.8, 4) is 0 Å². The van der Waals surface area contributed by atoms with Crippen LogP contribution in [0.15, 0.2) is 42.5 Å². The maximum atomic E-state index is 10.8. The predicted octanol–water partition coefficient (Wildman–Crippen LogP) is 2.72. The molecule has 0 spiro atoms. The number of benzene rings is 1. The van der Waals surface area contributed by atoms with Crippen molar-refractivity contribution in [2.24, 2.45) is 0 Å². The standard InChI is InChI=1S/C14H13ClN2O2/c15-12-6-2-1-4-10(12)8-16-9-11-5-3-7-13(17-11)14(18)19/h1-7,16H,8-9H2,(H,18,19). The molecule has 1 aromatic carbocycles. The number of nitrogens with one attached hydrogen (secondary N) is 1. The molecule has 0 aliphatic heterocycles. The molecule has 1 aromatic heterocycles. The third kappa shape index (κ3) is 3.77. The Morgan fingerprint density at radius 1 is 1.16 bits per heavy atom. The second-order valence-corrected chi connectivity index (χ2v) is 4.42. The van der Waals surface area contributed by atoms with E-state index in [-0.39, 0.29) is 5.69 Å². The predicted molar refractivity (Wildman–Crippen MR) is 73.2 cm³/mol. The number of rotatable bonds is 5. The molecule has 4 nitrogen and oxygen atoms in total. The number of aromatic nitrogens is 1. The number of halogens is 1. The van der Waals surface area contributed by atoms with Gasteiger partial charge in [0.2, 0.25) is 0 Å². The minimum Gasteiger partial charge on any atom is -0.477 e. The number of nitrogens with zero attached hydrogens (tertiary/aromatic N) is 1. The molecule has 0 saturated heterocycles. The lowest BCUT2D eigenvalue weighted by molar-refractivity contribution is 0.0690. The fourth-order valence-electron chi connectivity index (χ4n) is 1.66. The van der Waals surface area contributed by atoms with E-state index in [1.54, 1.807) is 12.1 Å². The molecule has 0 atom stereocenters. The molecule has 1 heterocycles. The Labute approximate surface area is 116 Å². The molecule has 2 N–H and O–H groups in total. The van der Waals surface area contributed by atoms with Crippen LogP contribution in [0.2, 0.25) is 5.02 Å². The smallest absolute Gasteiger partial charge is 0.354 e. The number of aromatic carboxylic acids is 1. The van der Waals surface area contributed by atoms with E-state index in [9.17, 15) is 4.79 Å². The lowest BCUT2D eigenvalue weighted by Gasteiger charge is -2.06. The number of carboxylic acids is 1. The maximum Gasteiger partial charge on any atom is 0.354 e. The molecule has 2 rings (SSSR count). The van der Waals surface area contributed by atoms with Crippen LogP contribution in [0, 0.1) is 0 Å². The van der Waals surface area contributed by atoms with Gasteiger partial charge in [-0.2, -0.15) is 0 Å². The summed E-state index contributed by atoms with van der Waals surface area (Å²) in [6.45, 7) is 1.10. The number of carboxylic acid groups (broad SMARTS) is 1. The summed E-state index contributed by atoms with van der Waals surface area (Å²) in [6.07, 6.45) is 0. The van der Waals surface area contributed by atoms with Gasteiger partial charge in [0.15, 0.2) is 0 Å². The highest BCUT2D eigenvalue weighted by molar-refractivity contribution is 6.31. The van der Waals surface area contributed by atoms with Gasteiger partial charge < -0.3 is 10.4 Å². The first kappa shape index (κ1) is 13.5. The zero-order valence-corrected chi connectivity index (χ0v) is 10.9. The lowest BCUT2D eigenvalue weighted by Crippen LogP contribution is -2.15. The molecule has 0 aliphatic carbocycles. The number of hydrogen-bond donors (Lipinski definition) is 2. The Balaban J connectivity index is 1.94. The largest absolute Gasteiger partial charge is 0.477 e. The number of pyridine rings is 1. The number of carbonyl (C=O) groups is 1. The van der Waals surface area contributed by atoms with Gasteiger partial charge in [-0.3, -0.25) is 0 Å². The first-order valence-corrected chi connectivity index (χ1v) is 6.18. The Morgan fingerprint density at radius 2 is 1.95 bits per heavy atom. The Hall–Kier alpha value is -1.91. The van der Waals surface area contributed by atoms with Crippen molar-refractivity contribution in [3.05, 3.63) is 64.4 Å². The molecule has 0 aliphatic rings. The molecule has 2 aromatic rings. The molecule has 0 radical (unpaired) electrons. The Bertz CT molecular complexity index is 587. The van der Waals surface area contributed by atoms with E-state index in [1.807, 2.05) is 24.3 Å². The average molecular weight is 277 g/mol. The third-order valence-electron chi connectivity index (χ3n) is 2.61. The summed E-state index contributed by atoms with van der Waals surface area (Å²) in [4.78, 5) is 14.8. The van der Waals surface area contributed by atoms with Gasteiger partial charge in [0.1, 0.15) is 5.69 Å². The van der Waals surface area contributed by atoms with Crippen LogP contribution in [0.25, 0.3) is 0 Å². The van der Waals surface area contributed by atoms with Crippen LogP contribution in [0.4, 0.5) is 0 Å². The van der Waals surface area contributed by atoms with Gasteiger partial charge in [-0.1, -0.05) is 35.9 Å². The van der Waals surface area contributed by atoms with E-state index in [4.69, 9.17) is 16.7 Å². The molecule has 0 bridgehead atoms. The summed E-state index contributed by atoms with van der Waals surface area (Å²) < 4.78 is 0. The molecule has 0 amide bonds. The topological polar surface area (TPSA) is 62.2 Å². The second kappa shape index (κ2) is 6.31. The summed E-state index contributed by atoms with van der Waals surface area (Å²) in [5.74, 6) is -1.02. The van der Waals surface area contributed by atoms with Gasteiger partial charge in [0.05, 0.1) is 5.69 Å². The zero-order chi connectivity index (χ0) is 13.7. The Morgan fingerprint density at radius 3 is 2.68 bits per heavy atom. The van der Waals surface area contributed by atoms with E-state index in [2.05, 4.69) is 10.3 Å². The highest BCUT2D eigenvalue weighted by Crippen LogP contribution is 2.14. The van der Waals surface area contributed by atoms with Crippen molar-refractivity contribution in [2.45, 2.75) is 13.1 Å². The highest BCUT2D eigenvalue weighted by atomic mass is 35.5.